The average molecular weight is 489 g/mol. The van der Waals surface area contributed by atoms with E-state index in [4.69, 9.17) is 9.47 Å². The summed E-state index contributed by atoms with van der Waals surface area (Å²) in [6.07, 6.45) is -0.00690. The molecule has 1 N–H and O–H groups in total. The summed E-state index contributed by atoms with van der Waals surface area (Å²) in [5, 5.41) is 2.61. The Hall–Kier alpha value is -2.91. The zero-order valence-corrected chi connectivity index (χ0v) is 20.5. The van der Waals surface area contributed by atoms with Crippen LogP contribution in [0.15, 0.2) is 53.4 Å². The molecule has 1 saturated heterocycles. The summed E-state index contributed by atoms with van der Waals surface area (Å²) in [4.78, 5) is 26.3. The molecule has 1 heterocycles. The summed E-state index contributed by atoms with van der Waals surface area (Å²) >= 11 is 0. The van der Waals surface area contributed by atoms with Crippen LogP contribution < -0.4 is 5.32 Å². The van der Waals surface area contributed by atoms with Gasteiger partial charge in [0.2, 0.25) is 5.91 Å². The molecule has 1 aliphatic rings. The first-order valence-electron chi connectivity index (χ1n) is 11.4. The number of nitrogens with zero attached hydrogens (tertiary/aromatic N) is 1. The largest absolute Gasteiger partial charge is 0.445 e. The van der Waals surface area contributed by atoms with Gasteiger partial charge in [0.15, 0.2) is 9.84 Å². The molecule has 2 amide bonds. The molecule has 184 valence electrons. The van der Waals surface area contributed by atoms with E-state index in [0.717, 1.165) is 16.7 Å². The average Bonchev–Trinajstić information content (AvgIpc) is 3.15. The molecule has 8 nitrogen and oxygen atoms in total. The van der Waals surface area contributed by atoms with E-state index in [1.165, 1.54) is 0 Å². The lowest BCUT2D eigenvalue weighted by Crippen LogP contribution is -2.33. The third-order valence-corrected chi connectivity index (χ3v) is 7.71. The molecule has 0 spiro atoms. The van der Waals surface area contributed by atoms with E-state index in [2.05, 4.69) is 5.32 Å². The SMILES string of the molecule is Cc1ccc(S(=O)(=O)C[C@H]2CCN(CCOCCNC(=O)OCc3ccccc3)C2=O)cc1C. The van der Waals surface area contributed by atoms with Crippen LogP contribution in [0.25, 0.3) is 0 Å². The van der Waals surface area contributed by atoms with Crippen LogP contribution >= 0.6 is 0 Å². The Morgan fingerprint density at radius 2 is 1.85 bits per heavy atom. The molecule has 0 radical (unpaired) electrons. The molecule has 3 rings (SSSR count). The smallest absolute Gasteiger partial charge is 0.407 e. The van der Waals surface area contributed by atoms with Crippen molar-refractivity contribution in [2.24, 2.45) is 5.92 Å². The van der Waals surface area contributed by atoms with Crippen LogP contribution in [-0.4, -0.2) is 63.9 Å². The third-order valence-electron chi connectivity index (χ3n) is 5.90. The van der Waals surface area contributed by atoms with Crippen LogP contribution in [0.2, 0.25) is 0 Å². The van der Waals surface area contributed by atoms with Crippen LogP contribution in [0, 0.1) is 19.8 Å². The van der Waals surface area contributed by atoms with Gasteiger partial charge in [-0.2, -0.15) is 0 Å². The Kier molecular flexibility index (Phi) is 9.06. The number of likely N-dealkylation sites (tertiary alicyclic amines) is 1. The fraction of sp³-hybridized carbons (Fsp3) is 0.440. The van der Waals surface area contributed by atoms with Crippen LogP contribution in [0.1, 0.15) is 23.1 Å². The topological polar surface area (TPSA) is 102 Å². The molecule has 0 saturated carbocycles. The van der Waals surface area contributed by atoms with E-state index in [-0.39, 0.29) is 29.8 Å². The Labute approximate surface area is 201 Å². The Balaban J connectivity index is 1.32. The molecule has 2 aromatic rings. The fourth-order valence-corrected chi connectivity index (χ4v) is 5.39. The van der Waals surface area contributed by atoms with Gasteiger partial charge in [-0.25, -0.2) is 13.2 Å². The number of hydrogen-bond donors (Lipinski definition) is 1. The molecular formula is C25H32N2O6S. The zero-order valence-electron chi connectivity index (χ0n) is 19.7. The van der Waals surface area contributed by atoms with Gasteiger partial charge in [0.05, 0.1) is 29.8 Å². The van der Waals surface area contributed by atoms with Gasteiger partial charge in [-0.3, -0.25) is 4.79 Å². The lowest BCUT2D eigenvalue weighted by Gasteiger charge is -2.17. The molecule has 0 unspecified atom stereocenters. The van der Waals surface area contributed by atoms with Crippen LogP contribution in [0.5, 0.6) is 0 Å². The molecule has 9 heteroatoms. The van der Waals surface area contributed by atoms with Crippen molar-refractivity contribution in [3.8, 4) is 0 Å². The van der Waals surface area contributed by atoms with Crippen LogP contribution in [0.4, 0.5) is 4.79 Å². The fourth-order valence-electron chi connectivity index (χ4n) is 3.72. The number of carbonyl (C=O) groups excluding carboxylic acids is 2. The van der Waals surface area contributed by atoms with Gasteiger partial charge >= 0.3 is 6.09 Å². The first-order chi connectivity index (χ1) is 16.3. The highest BCUT2D eigenvalue weighted by Gasteiger charge is 2.35. The number of amides is 2. The number of hydrogen-bond acceptors (Lipinski definition) is 6. The highest BCUT2D eigenvalue weighted by Crippen LogP contribution is 2.24. The Morgan fingerprint density at radius 3 is 2.59 bits per heavy atom. The standard InChI is InChI=1S/C25H32N2O6S/c1-19-8-9-23(16-20(19)2)34(30,31)18-22-10-12-27(24(22)28)13-15-32-14-11-26-25(29)33-17-21-6-4-3-5-7-21/h3-9,16,22H,10-15,17-18H2,1-2H3,(H,26,29)/t22-/m1/s1. The lowest BCUT2D eigenvalue weighted by atomic mass is 10.1. The molecule has 34 heavy (non-hydrogen) atoms. The van der Waals surface area contributed by atoms with E-state index in [1.807, 2.05) is 44.2 Å². The number of nitrogens with one attached hydrogen (secondary N) is 1. The molecule has 0 bridgehead atoms. The van der Waals surface area contributed by atoms with E-state index in [9.17, 15) is 18.0 Å². The highest BCUT2D eigenvalue weighted by molar-refractivity contribution is 7.91. The monoisotopic (exact) mass is 488 g/mol. The van der Waals surface area contributed by atoms with Gasteiger partial charge in [-0.1, -0.05) is 36.4 Å². The maximum Gasteiger partial charge on any atom is 0.407 e. The highest BCUT2D eigenvalue weighted by atomic mass is 32.2. The van der Waals surface area contributed by atoms with Gasteiger partial charge in [-0.05, 0) is 49.1 Å². The summed E-state index contributed by atoms with van der Waals surface area (Å²) in [5.74, 6) is -0.868. The van der Waals surface area contributed by atoms with E-state index < -0.39 is 21.8 Å². The molecule has 1 atom stereocenters. The second kappa shape index (κ2) is 12.0. The second-order valence-electron chi connectivity index (χ2n) is 8.44. The number of rotatable bonds is 11. The van der Waals surface area contributed by atoms with Gasteiger partial charge in [0.25, 0.3) is 0 Å². The molecular weight excluding hydrogens is 456 g/mol. The van der Waals surface area contributed by atoms with Crippen LogP contribution in [0.3, 0.4) is 0 Å². The Bertz CT molecular complexity index is 1090. The predicted molar refractivity (Wildman–Crippen MR) is 128 cm³/mol. The molecule has 0 aliphatic carbocycles. The van der Waals surface area contributed by atoms with Crippen molar-refractivity contribution in [2.45, 2.75) is 31.8 Å². The lowest BCUT2D eigenvalue weighted by molar-refractivity contribution is -0.131. The second-order valence-corrected chi connectivity index (χ2v) is 10.5. The van der Waals surface area contributed by atoms with Gasteiger partial charge in [0, 0.05) is 19.6 Å². The first kappa shape index (κ1) is 25.7. The third kappa shape index (κ3) is 7.30. The molecule has 0 aromatic heterocycles. The Morgan fingerprint density at radius 1 is 1.09 bits per heavy atom. The number of sulfone groups is 1. The molecule has 1 fully saturated rings. The summed E-state index contributed by atoms with van der Waals surface area (Å²) < 4.78 is 36.2. The van der Waals surface area contributed by atoms with Crippen molar-refractivity contribution in [3.63, 3.8) is 0 Å². The van der Waals surface area contributed by atoms with Crippen molar-refractivity contribution in [2.75, 3.05) is 38.6 Å². The first-order valence-corrected chi connectivity index (χ1v) is 13.0. The van der Waals surface area contributed by atoms with E-state index >= 15 is 0 Å². The summed E-state index contributed by atoms with van der Waals surface area (Å²) in [6.45, 7) is 5.79. The summed E-state index contributed by atoms with van der Waals surface area (Å²) in [6, 6.07) is 14.5. The maximum absolute atomic E-state index is 12.8. The molecule has 2 aromatic carbocycles. The minimum absolute atomic E-state index is 0.154. The number of alkyl carbamates (subject to hydrolysis) is 1. The quantitative estimate of drug-likeness (QED) is 0.488. The normalized spacial score (nSPS) is 16.0. The zero-order chi connectivity index (χ0) is 24.6. The van der Waals surface area contributed by atoms with Crippen molar-refractivity contribution >= 4 is 21.8 Å². The van der Waals surface area contributed by atoms with Crippen molar-refractivity contribution in [1.82, 2.24) is 10.2 Å². The summed E-state index contributed by atoms with van der Waals surface area (Å²) in [5.41, 5.74) is 2.85. The van der Waals surface area contributed by atoms with Gasteiger partial charge < -0.3 is 19.7 Å². The number of ether oxygens (including phenoxy) is 2. The minimum Gasteiger partial charge on any atom is -0.445 e. The van der Waals surface area contributed by atoms with Crippen LogP contribution in [-0.2, 0) is 30.7 Å². The number of carbonyl (C=O) groups is 2. The summed E-state index contributed by atoms with van der Waals surface area (Å²) in [7, 11) is -3.53. The van der Waals surface area contributed by atoms with Crippen molar-refractivity contribution in [1.29, 1.82) is 0 Å². The molecule has 1 aliphatic heterocycles. The predicted octanol–water partition coefficient (Wildman–Crippen LogP) is 2.87. The number of aryl methyl sites for hydroxylation is 2. The maximum atomic E-state index is 12.8. The van der Waals surface area contributed by atoms with E-state index in [0.29, 0.717) is 32.7 Å². The van der Waals surface area contributed by atoms with Crippen molar-refractivity contribution < 1.29 is 27.5 Å². The van der Waals surface area contributed by atoms with Crippen molar-refractivity contribution in [3.05, 3.63) is 65.2 Å². The van der Waals surface area contributed by atoms with E-state index in [1.54, 1.807) is 23.1 Å². The minimum atomic E-state index is -3.53. The van der Waals surface area contributed by atoms with Gasteiger partial charge in [-0.15, -0.1) is 0 Å². The van der Waals surface area contributed by atoms with Gasteiger partial charge in [0.1, 0.15) is 6.61 Å². The number of benzene rings is 2.